The normalized spacial score (nSPS) is 13.9. The van der Waals surface area contributed by atoms with Crippen LogP contribution in [0.5, 0.6) is 0 Å². The van der Waals surface area contributed by atoms with E-state index in [0.717, 1.165) is 40.3 Å². The lowest BCUT2D eigenvalue weighted by atomic mass is 10.1. The van der Waals surface area contributed by atoms with Crippen molar-refractivity contribution >= 4 is 56.2 Å². The molecule has 1 saturated heterocycles. The molecule has 0 spiro atoms. The molecule has 172 valence electrons. The minimum absolute atomic E-state index is 0.0534. The highest BCUT2D eigenvalue weighted by Crippen LogP contribution is 2.35. The smallest absolute Gasteiger partial charge is 0.266 e. The lowest BCUT2D eigenvalue weighted by molar-refractivity contribution is 0.0752. The van der Waals surface area contributed by atoms with Crippen LogP contribution in [0.15, 0.2) is 60.7 Å². The summed E-state index contributed by atoms with van der Waals surface area (Å²) in [6.45, 7) is 4.20. The van der Waals surface area contributed by atoms with Crippen LogP contribution in [0.2, 0.25) is 5.02 Å². The first-order valence-corrected chi connectivity index (χ1v) is 12.2. The van der Waals surface area contributed by atoms with Gasteiger partial charge in [-0.05, 0) is 55.5 Å². The Hall–Kier alpha value is -3.42. The number of rotatable bonds is 4. The standard InChI is InChI=1S/C26H23ClN4O2S/c1-16(32)17-4-8-20(9-5-17)30-12-14-31(15-13-30)26(33)24-23(28)21-10-11-22(29-25(21)34-24)18-2-6-19(27)7-3-18/h2-11H,12-15,28H2,1H3. The van der Waals surface area contributed by atoms with E-state index in [1.807, 2.05) is 65.6 Å². The summed E-state index contributed by atoms with van der Waals surface area (Å²) in [6.07, 6.45) is 0. The molecule has 0 radical (unpaired) electrons. The van der Waals surface area contributed by atoms with Crippen LogP contribution in [0, 0.1) is 0 Å². The van der Waals surface area contributed by atoms with Gasteiger partial charge in [-0.3, -0.25) is 9.59 Å². The third-order valence-electron chi connectivity index (χ3n) is 6.13. The van der Waals surface area contributed by atoms with Crippen molar-refractivity contribution in [1.82, 2.24) is 9.88 Å². The van der Waals surface area contributed by atoms with Gasteiger partial charge in [0.2, 0.25) is 0 Å². The van der Waals surface area contributed by atoms with Crippen LogP contribution >= 0.6 is 22.9 Å². The van der Waals surface area contributed by atoms with Crippen LogP contribution in [0.25, 0.3) is 21.5 Å². The molecular weight excluding hydrogens is 468 g/mol. The number of fused-ring (bicyclic) bond motifs is 1. The van der Waals surface area contributed by atoms with Gasteiger partial charge in [0, 0.05) is 53.4 Å². The molecule has 0 atom stereocenters. The number of hydrogen-bond donors (Lipinski definition) is 1. The molecule has 4 aromatic rings. The molecule has 3 heterocycles. The zero-order valence-electron chi connectivity index (χ0n) is 18.6. The molecule has 0 aliphatic carbocycles. The largest absolute Gasteiger partial charge is 0.397 e. The highest BCUT2D eigenvalue weighted by Gasteiger charge is 2.26. The molecule has 0 bridgehead atoms. The number of nitrogens with zero attached hydrogens (tertiary/aromatic N) is 3. The van der Waals surface area contributed by atoms with Gasteiger partial charge in [-0.2, -0.15) is 0 Å². The zero-order valence-corrected chi connectivity index (χ0v) is 20.2. The van der Waals surface area contributed by atoms with Gasteiger partial charge in [-0.25, -0.2) is 4.98 Å². The Bertz CT molecular complexity index is 1370. The fraction of sp³-hybridized carbons (Fsp3) is 0.192. The number of benzene rings is 2. The molecule has 2 N–H and O–H groups in total. The first-order valence-electron chi connectivity index (χ1n) is 11.0. The maximum absolute atomic E-state index is 13.3. The fourth-order valence-electron chi connectivity index (χ4n) is 4.16. The van der Waals surface area contributed by atoms with E-state index in [1.165, 1.54) is 11.3 Å². The van der Waals surface area contributed by atoms with E-state index in [9.17, 15) is 9.59 Å². The second kappa shape index (κ2) is 9.08. The zero-order chi connectivity index (χ0) is 23.8. The van der Waals surface area contributed by atoms with Crippen LogP contribution in [0.3, 0.4) is 0 Å². The highest BCUT2D eigenvalue weighted by atomic mass is 35.5. The van der Waals surface area contributed by atoms with E-state index in [0.29, 0.717) is 34.2 Å². The van der Waals surface area contributed by atoms with Gasteiger partial charge in [-0.1, -0.05) is 23.7 Å². The van der Waals surface area contributed by atoms with Gasteiger partial charge in [-0.15, -0.1) is 11.3 Å². The Morgan fingerprint density at radius 1 is 0.941 bits per heavy atom. The van der Waals surface area contributed by atoms with Crippen molar-refractivity contribution in [2.45, 2.75) is 6.92 Å². The van der Waals surface area contributed by atoms with Gasteiger partial charge in [0.05, 0.1) is 11.4 Å². The molecule has 1 fully saturated rings. The predicted octanol–water partition coefficient (Wildman–Crippen LogP) is 5.36. The topological polar surface area (TPSA) is 79.5 Å². The lowest BCUT2D eigenvalue weighted by Crippen LogP contribution is -2.48. The van der Waals surface area contributed by atoms with Crippen LogP contribution in [-0.4, -0.2) is 47.8 Å². The number of pyridine rings is 1. The molecule has 5 rings (SSSR count). The van der Waals surface area contributed by atoms with E-state index in [-0.39, 0.29) is 11.7 Å². The van der Waals surface area contributed by atoms with Crippen LogP contribution in [0.4, 0.5) is 11.4 Å². The monoisotopic (exact) mass is 490 g/mol. The average molecular weight is 491 g/mol. The molecule has 0 saturated carbocycles. The number of ketones is 1. The molecule has 6 nitrogen and oxygen atoms in total. The summed E-state index contributed by atoms with van der Waals surface area (Å²) < 4.78 is 0. The summed E-state index contributed by atoms with van der Waals surface area (Å²) >= 11 is 7.34. The van der Waals surface area contributed by atoms with E-state index in [1.54, 1.807) is 6.92 Å². The number of nitrogen functional groups attached to an aromatic ring is 1. The van der Waals surface area contributed by atoms with Crippen molar-refractivity contribution in [2.24, 2.45) is 0 Å². The van der Waals surface area contributed by atoms with Crippen molar-refractivity contribution in [3.63, 3.8) is 0 Å². The molecule has 2 aromatic carbocycles. The van der Waals surface area contributed by atoms with Gasteiger partial charge in [0.15, 0.2) is 5.78 Å². The highest BCUT2D eigenvalue weighted by molar-refractivity contribution is 7.21. The van der Waals surface area contributed by atoms with E-state index >= 15 is 0 Å². The Kier molecular flexibility index (Phi) is 5.98. The van der Waals surface area contributed by atoms with Crippen molar-refractivity contribution < 1.29 is 9.59 Å². The summed E-state index contributed by atoms with van der Waals surface area (Å²) in [5, 5.41) is 1.47. The van der Waals surface area contributed by atoms with Crippen LogP contribution in [-0.2, 0) is 0 Å². The van der Waals surface area contributed by atoms with Crippen LogP contribution in [0.1, 0.15) is 27.0 Å². The summed E-state index contributed by atoms with van der Waals surface area (Å²) in [7, 11) is 0. The fourth-order valence-corrected chi connectivity index (χ4v) is 5.34. The van der Waals surface area contributed by atoms with Crippen LogP contribution < -0.4 is 10.6 Å². The number of nitrogens with two attached hydrogens (primary N) is 1. The number of thiophene rings is 1. The quantitative estimate of drug-likeness (QED) is 0.389. The summed E-state index contributed by atoms with van der Waals surface area (Å²) in [6, 6.07) is 19.0. The Labute approximate surface area is 206 Å². The summed E-state index contributed by atoms with van der Waals surface area (Å²) in [5.74, 6) is -0.00205. The first kappa shape index (κ1) is 22.4. The number of carbonyl (C=O) groups is 2. The van der Waals surface area contributed by atoms with Crippen molar-refractivity contribution in [2.75, 3.05) is 36.8 Å². The third-order valence-corrected chi connectivity index (χ3v) is 7.49. The number of anilines is 2. The van der Waals surface area contributed by atoms with E-state index in [4.69, 9.17) is 22.3 Å². The number of aromatic nitrogens is 1. The number of piperazine rings is 1. The second-order valence-corrected chi connectivity index (χ2v) is 9.72. The van der Waals surface area contributed by atoms with E-state index in [2.05, 4.69) is 4.90 Å². The maximum atomic E-state index is 13.3. The number of carbonyl (C=O) groups excluding carboxylic acids is 2. The van der Waals surface area contributed by atoms with Gasteiger partial charge >= 0.3 is 0 Å². The van der Waals surface area contributed by atoms with Gasteiger partial charge in [0.1, 0.15) is 9.71 Å². The van der Waals surface area contributed by atoms with E-state index < -0.39 is 0 Å². The van der Waals surface area contributed by atoms with Crippen molar-refractivity contribution in [3.8, 4) is 11.3 Å². The minimum Gasteiger partial charge on any atom is -0.397 e. The molecule has 0 unspecified atom stereocenters. The molecule has 8 heteroatoms. The third kappa shape index (κ3) is 4.24. The number of halogens is 1. The Morgan fingerprint density at radius 2 is 1.62 bits per heavy atom. The summed E-state index contributed by atoms with van der Waals surface area (Å²) in [4.78, 5) is 34.9. The van der Waals surface area contributed by atoms with Crippen molar-refractivity contribution in [1.29, 1.82) is 0 Å². The second-order valence-electron chi connectivity index (χ2n) is 8.28. The SMILES string of the molecule is CC(=O)c1ccc(N2CCN(C(=O)c3sc4nc(-c5ccc(Cl)cc5)ccc4c3N)CC2)cc1. The minimum atomic E-state index is -0.0554. The average Bonchev–Trinajstić information content (AvgIpc) is 3.20. The maximum Gasteiger partial charge on any atom is 0.266 e. The molecular formula is C26H23ClN4O2S. The van der Waals surface area contributed by atoms with Crippen molar-refractivity contribution in [3.05, 3.63) is 76.1 Å². The van der Waals surface area contributed by atoms with Gasteiger partial charge in [0.25, 0.3) is 5.91 Å². The predicted molar refractivity (Wildman–Crippen MR) is 139 cm³/mol. The molecule has 1 amide bonds. The number of Topliss-reactive ketones (excluding diaryl/α,β-unsaturated/α-hetero) is 1. The number of hydrogen-bond acceptors (Lipinski definition) is 6. The Balaban J connectivity index is 1.32. The molecule has 1 aliphatic rings. The summed E-state index contributed by atoms with van der Waals surface area (Å²) in [5.41, 5.74) is 10.4. The number of amides is 1. The molecule has 1 aliphatic heterocycles. The lowest BCUT2D eigenvalue weighted by Gasteiger charge is -2.36. The first-order chi connectivity index (χ1) is 16.4. The molecule has 2 aromatic heterocycles. The Morgan fingerprint density at radius 3 is 2.26 bits per heavy atom. The molecule has 34 heavy (non-hydrogen) atoms. The van der Waals surface area contributed by atoms with Gasteiger partial charge < -0.3 is 15.5 Å².